The number of thiazole rings is 1. The van der Waals surface area contributed by atoms with Crippen LogP contribution in [-0.4, -0.2) is 53.6 Å². The Bertz CT molecular complexity index is 723. The number of amides is 1. The number of para-hydroxylation sites is 2. The standard InChI is InChI=1S/C17H20N4O2S/c1-2-7-18-17-19-12-15(24-17)16(23)21-10-8-20(9-11-21)13-5-3-4-6-14(13)22/h2-6,12,22H,1,7-11H2,(H,18,19). The lowest BCUT2D eigenvalue weighted by Gasteiger charge is -2.36. The van der Waals surface area contributed by atoms with Gasteiger partial charge in [0.15, 0.2) is 5.13 Å². The Morgan fingerprint density at radius 2 is 2.08 bits per heavy atom. The summed E-state index contributed by atoms with van der Waals surface area (Å²) in [5, 5.41) is 13.8. The molecular formula is C17H20N4O2S. The van der Waals surface area contributed by atoms with Crippen molar-refractivity contribution in [3.8, 4) is 5.75 Å². The number of piperazine rings is 1. The molecule has 7 heteroatoms. The third kappa shape index (κ3) is 3.51. The fraction of sp³-hybridized carbons (Fsp3) is 0.294. The van der Waals surface area contributed by atoms with Gasteiger partial charge >= 0.3 is 0 Å². The molecule has 0 spiro atoms. The van der Waals surface area contributed by atoms with Gasteiger partial charge in [0, 0.05) is 32.7 Å². The third-order valence-corrected chi connectivity index (χ3v) is 4.85. The van der Waals surface area contributed by atoms with Gasteiger partial charge in [0.25, 0.3) is 5.91 Å². The Kier molecular flexibility index (Phi) is 5.00. The van der Waals surface area contributed by atoms with Gasteiger partial charge in [-0.15, -0.1) is 6.58 Å². The second kappa shape index (κ2) is 7.35. The van der Waals surface area contributed by atoms with E-state index < -0.39 is 0 Å². The molecule has 2 aromatic rings. The summed E-state index contributed by atoms with van der Waals surface area (Å²) in [5.74, 6) is 0.286. The van der Waals surface area contributed by atoms with Crippen LogP contribution in [0.2, 0.25) is 0 Å². The van der Waals surface area contributed by atoms with Crippen molar-refractivity contribution in [2.24, 2.45) is 0 Å². The van der Waals surface area contributed by atoms with Gasteiger partial charge in [-0.05, 0) is 12.1 Å². The molecule has 2 N–H and O–H groups in total. The number of rotatable bonds is 5. The zero-order valence-corrected chi connectivity index (χ0v) is 14.1. The van der Waals surface area contributed by atoms with Crippen LogP contribution in [0, 0.1) is 0 Å². The van der Waals surface area contributed by atoms with Crippen LogP contribution >= 0.6 is 11.3 Å². The van der Waals surface area contributed by atoms with Crippen LogP contribution in [0.3, 0.4) is 0 Å². The van der Waals surface area contributed by atoms with Crippen LogP contribution in [0.4, 0.5) is 10.8 Å². The summed E-state index contributed by atoms with van der Waals surface area (Å²) < 4.78 is 0. The fourth-order valence-corrected chi connectivity index (χ4v) is 3.44. The molecule has 1 saturated heterocycles. The normalized spacial score (nSPS) is 14.5. The number of nitrogens with zero attached hydrogens (tertiary/aromatic N) is 3. The minimum absolute atomic E-state index is 0.0103. The molecule has 0 aliphatic carbocycles. The molecule has 1 aliphatic heterocycles. The maximum Gasteiger partial charge on any atom is 0.265 e. The monoisotopic (exact) mass is 344 g/mol. The molecule has 1 aromatic heterocycles. The maximum absolute atomic E-state index is 12.6. The minimum atomic E-state index is 0.0103. The Morgan fingerprint density at radius 1 is 1.33 bits per heavy atom. The number of nitrogens with one attached hydrogen (secondary N) is 1. The number of anilines is 2. The van der Waals surface area contributed by atoms with Gasteiger partial charge in [0.2, 0.25) is 0 Å². The van der Waals surface area contributed by atoms with E-state index in [0.717, 1.165) is 10.8 Å². The number of benzene rings is 1. The lowest BCUT2D eigenvalue weighted by atomic mass is 10.2. The lowest BCUT2D eigenvalue weighted by Crippen LogP contribution is -2.48. The second-order valence-corrected chi connectivity index (χ2v) is 6.50. The first kappa shape index (κ1) is 16.3. The third-order valence-electron chi connectivity index (χ3n) is 3.90. The van der Waals surface area contributed by atoms with Gasteiger partial charge in [-0.1, -0.05) is 29.5 Å². The molecule has 0 atom stereocenters. The van der Waals surface area contributed by atoms with Gasteiger partial charge in [-0.3, -0.25) is 4.79 Å². The number of phenols is 1. The van der Waals surface area contributed by atoms with Crippen molar-refractivity contribution in [3.63, 3.8) is 0 Å². The largest absolute Gasteiger partial charge is 0.506 e. The highest BCUT2D eigenvalue weighted by Gasteiger charge is 2.24. The number of phenolic OH excluding ortho intramolecular Hbond substituents is 1. The van der Waals surface area contributed by atoms with E-state index in [4.69, 9.17) is 0 Å². The van der Waals surface area contributed by atoms with E-state index in [-0.39, 0.29) is 11.7 Å². The number of hydrogen-bond acceptors (Lipinski definition) is 6. The molecule has 1 aliphatic rings. The van der Waals surface area contributed by atoms with E-state index in [0.29, 0.717) is 37.6 Å². The quantitative estimate of drug-likeness (QED) is 0.815. The van der Waals surface area contributed by atoms with E-state index in [2.05, 4.69) is 21.8 Å². The summed E-state index contributed by atoms with van der Waals surface area (Å²) >= 11 is 1.36. The zero-order chi connectivity index (χ0) is 16.9. The van der Waals surface area contributed by atoms with Crippen molar-refractivity contribution in [1.82, 2.24) is 9.88 Å². The van der Waals surface area contributed by atoms with Gasteiger partial charge in [-0.25, -0.2) is 4.98 Å². The van der Waals surface area contributed by atoms with Crippen LogP contribution in [0.25, 0.3) is 0 Å². The molecule has 1 aromatic carbocycles. The SMILES string of the molecule is C=CCNc1ncc(C(=O)N2CCN(c3ccccc3O)CC2)s1. The molecule has 0 unspecified atom stereocenters. The first-order valence-electron chi connectivity index (χ1n) is 7.82. The highest BCUT2D eigenvalue weighted by Crippen LogP contribution is 2.28. The Balaban J connectivity index is 1.60. The molecule has 0 bridgehead atoms. The number of carbonyl (C=O) groups is 1. The highest BCUT2D eigenvalue weighted by molar-refractivity contribution is 7.17. The molecule has 1 amide bonds. The van der Waals surface area contributed by atoms with Crippen LogP contribution in [-0.2, 0) is 0 Å². The predicted molar refractivity (Wildman–Crippen MR) is 97.0 cm³/mol. The summed E-state index contributed by atoms with van der Waals surface area (Å²) in [6, 6.07) is 7.29. The van der Waals surface area contributed by atoms with Crippen molar-refractivity contribution in [1.29, 1.82) is 0 Å². The Morgan fingerprint density at radius 3 is 2.79 bits per heavy atom. The average molecular weight is 344 g/mol. The van der Waals surface area contributed by atoms with Crippen molar-refractivity contribution in [3.05, 3.63) is 48.0 Å². The van der Waals surface area contributed by atoms with Crippen molar-refractivity contribution < 1.29 is 9.90 Å². The van der Waals surface area contributed by atoms with Gasteiger partial charge in [0.05, 0.1) is 11.9 Å². The number of aromatic nitrogens is 1. The number of aromatic hydroxyl groups is 1. The van der Waals surface area contributed by atoms with E-state index in [1.54, 1.807) is 24.4 Å². The molecular weight excluding hydrogens is 324 g/mol. The van der Waals surface area contributed by atoms with Gasteiger partial charge in [0.1, 0.15) is 10.6 Å². The number of hydrogen-bond donors (Lipinski definition) is 2. The predicted octanol–water partition coefficient (Wildman–Crippen LogP) is 2.41. The van der Waals surface area contributed by atoms with E-state index >= 15 is 0 Å². The van der Waals surface area contributed by atoms with Crippen molar-refractivity contribution in [2.45, 2.75) is 0 Å². The van der Waals surface area contributed by atoms with Gasteiger partial charge in [-0.2, -0.15) is 0 Å². The molecule has 24 heavy (non-hydrogen) atoms. The zero-order valence-electron chi connectivity index (χ0n) is 13.3. The molecule has 126 valence electrons. The minimum Gasteiger partial charge on any atom is -0.506 e. The summed E-state index contributed by atoms with van der Waals surface area (Å²) in [4.78, 5) is 21.4. The van der Waals surface area contributed by atoms with E-state index in [1.165, 1.54) is 11.3 Å². The van der Waals surface area contributed by atoms with Crippen molar-refractivity contribution in [2.75, 3.05) is 42.9 Å². The first-order chi connectivity index (χ1) is 11.7. The molecule has 0 saturated carbocycles. The molecule has 2 heterocycles. The molecule has 1 fully saturated rings. The smallest absolute Gasteiger partial charge is 0.265 e. The topological polar surface area (TPSA) is 68.7 Å². The van der Waals surface area contributed by atoms with Crippen molar-refractivity contribution >= 4 is 28.1 Å². The fourth-order valence-electron chi connectivity index (χ4n) is 2.65. The average Bonchev–Trinajstić information content (AvgIpc) is 3.09. The summed E-state index contributed by atoms with van der Waals surface area (Å²) in [5.41, 5.74) is 0.818. The van der Waals surface area contributed by atoms with Crippen LogP contribution in [0.5, 0.6) is 5.75 Å². The molecule has 0 radical (unpaired) electrons. The summed E-state index contributed by atoms with van der Waals surface area (Å²) in [6.45, 7) is 6.92. The summed E-state index contributed by atoms with van der Waals surface area (Å²) in [6.07, 6.45) is 3.37. The Hall–Kier alpha value is -2.54. The van der Waals surface area contributed by atoms with Crippen LogP contribution < -0.4 is 10.2 Å². The highest BCUT2D eigenvalue weighted by atomic mass is 32.1. The van der Waals surface area contributed by atoms with E-state index in [9.17, 15) is 9.90 Å². The van der Waals surface area contributed by atoms with Crippen LogP contribution in [0.1, 0.15) is 9.67 Å². The van der Waals surface area contributed by atoms with Crippen LogP contribution in [0.15, 0.2) is 43.1 Å². The maximum atomic E-state index is 12.6. The molecule has 6 nitrogen and oxygen atoms in total. The Labute approximate surface area is 145 Å². The number of carbonyl (C=O) groups excluding carboxylic acids is 1. The lowest BCUT2D eigenvalue weighted by molar-refractivity contribution is 0.0751. The second-order valence-electron chi connectivity index (χ2n) is 5.47. The summed E-state index contributed by atoms with van der Waals surface area (Å²) in [7, 11) is 0. The molecule has 3 rings (SSSR count). The first-order valence-corrected chi connectivity index (χ1v) is 8.63. The van der Waals surface area contributed by atoms with Gasteiger partial charge < -0.3 is 20.2 Å². The van der Waals surface area contributed by atoms with E-state index in [1.807, 2.05) is 17.0 Å².